The lowest BCUT2D eigenvalue weighted by Gasteiger charge is -2.35. The summed E-state index contributed by atoms with van der Waals surface area (Å²) in [5.41, 5.74) is 7.06. The lowest BCUT2D eigenvalue weighted by molar-refractivity contribution is 0.0126. The first-order valence-electron chi connectivity index (χ1n) is 6.73. The van der Waals surface area contributed by atoms with E-state index in [9.17, 15) is 13.5 Å². The summed E-state index contributed by atoms with van der Waals surface area (Å²) in [6, 6.07) is 3.29. The average Bonchev–Trinajstić information content (AvgIpc) is 2.33. The Morgan fingerprint density at radius 3 is 2.35 bits per heavy atom. The van der Waals surface area contributed by atoms with Crippen molar-refractivity contribution in [3.63, 3.8) is 0 Å². The molecule has 1 aliphatic rings. The highest BCUT2D eigenvalue weighted by Crippen LogP contribution is 2.29. The van der Waals surface area contributed by atoms with Crippen molar-refractivity contribution in [2.75, 3.05) is 18.8 Å². The highest BCUT2D eigenvalue weighted by molar-refractivity contribution is 7.89. The van der Waals surface area contributed by atoms with Gasteiger partial charge in [-0.3, -0.25) is 0 Å². The molecule has 0 unspecified atom stereocenters. The molecule has 0 bridgehead atoms. The third-order valence-electron chi connectivity index (χ3n) is 4.06. The average molecular weight is 298 g/mol. The lowest BCUT2D eigenvalue weighted by Crippen LogP contribution is -2.45. The van der Waals surface area contributed by atoms with E-state index in [1.54, 1.807) is 19.9 Å². The molecule has 3 N–H and O–H groups in total. The molecule has 0 atom stereocenters. The number of hydrogen-bond acceptors (Lipinski definition) is 4. The summed E-state index contributed by atoms with van der Waals surface area (Å²) in [4.78, 5) is 0.275. The summed E-state index contributed by atoms with van der Waals surface area (Å²) in [6.45, 7) is 6.06. The Hall–Kier alpha value is -1.11. The Balaban J connectivity index is 2.37. The first-order chi connectivity index (χ1) is 9.13. The molecular weight excluding hydrogens is 276 g/mol. The first kappa shape index (κ1) is 15.3. The van der Waals surface area contributed by atoms with Gasteiger partial charge in [0.05, 0.1) is 10.5 Å². The van der Waals surface area contributed by atoms with Crippen LogP contribution in [-0.4, -0.2) is 36.5 Å². The third-order valence-corrected chi connectivity index (χ3v) is 6.08. The molecule has 20 heavy (non-hydrogen) atoms. The fourth-order valence-electron chi connectivity index (χ4n) is 2.47. The van der Waals surface area contributed by atoms with Crippen LogP contribution >= 0.6 is 0 Å². The van der Waals surface area contributed by atoms with Crippen molar-refractivity contribution in [3.05, 3.63) is 23.3 Å². The van der Waals surface area contributed by atoms with Crippen LogP contribution in [-0.2, 0) is 10.0 Å². The van der Waals surface area contributed by atoms with Crippen molar-refractivity contribution in [2.45, 2.75) is 44.1 Å². The van der Waals surface area contributed by atoms with Gasteiger partial charge in [-0.1, -0.05) is 0 Å². The van der Waals surface area contributed by atoms with Crippen molar-refractivity contribution < 1.29 is 13.5 Å². The monoisotopic (exact) mass is 298 g/mol. The highest BCUT2D eigenvalue weighted by atomic mass is 32.2. The van der Waals surface area contributed by atoms with Crippen molar-refractivity contribution in [3.8, 4) is 0 Å². The van der Waals surface area contributed by atoms with E-state index in [0.717, 1.165) is 11.1 Å². The quantitative estimate of drug-likeness (QED) is 0.809. The van der Waals surface area contributed by atoms with Crippen LogP contribution in [0, 0.1) is 13.8 Å². The van der Waals surface area contributed by atoms with Crippen molar-refractivity contribution >= 4 is 15.7 Å². The van der Waals surface area contributed by atoms with Gasteiger partial charge in [0, 0.05) is 18.8 Å². The number of nitrogens with two attached hydrogens (primary N) is 1. The number of anilines is 1. The van der Waals surface area contributed by atoms with Crippen LogP contribution in [0.2, 0.25) is 0 Å². The van der Waals surface area contributed by atoms with Crippen LogP contribution in [0.25, 0.3) is 0 Å². The Morgan fingerprint density at radius 2 is 1.80 bits per heavy atom. The largest absolute Gasteiger partial charge is 0.399 e. The number of nitrogen functional groups attached to an aromatic ring is 1. The molecule has 0 amide bonds. The molecule has 5 nitrogen and oxygen atoms in total. The van der Waals surface area contributed by atoms with Gasteiger partial charge in [-0.05, 0) is 56.9 Å². The number of nitrogens with zero attached hydrogens (tertiary/aromatic N) is 1. The summed E-state index contributed by atoms with van der Waals surface area (Å²) < 4.78 is 26.9. The minimum Gasteiger partial charge on any atom is -0.399 e. The fourth-order valence-corrected chi connectivity index (χ4v) is 4.24. The minimum absolute atomic E-state index is 0.275. The maximum Gasteiger partial charge on any atom is 0.243 e. The van der Waals surface area contributed by atoms with Gasteiger partial charge in [0.15, 0.2) is 0 Å². The molecule has 0 radical (unpaired) electrons. The molecule has 1 saturated heterocycles. The van der Waals surface area contributed by atoms with E-state index >= 15 is 0 Å². The van der Waals surface area contributed by atoms with Crippen LogP contribution in [0.4, 0.5) is 5.69 Å². The van der Waals surface area contributed by atoms with Crippen LogP contribution < -0.4 is 5.73 Å². The Morgan fingerprint density at radius 1 is 1.25 bits per heavy atom. The number of aryl methyl sites for hydroxylation is 1. The maximum absolute atomic E-state index is 12.7. The number of hydrogen-bond donors (Lipinski definition) is 2. The Labute approximate surface area is 120 Å². The highest BCUT2D eigenvalue weighted by Gasteiger charge is 2.34. The number of benzene rings is 1. The van der Waals surface area contributed by atoms with E-state index in [2.05, 4.69) is 0 Å². The zero-order valence-electron chi connectivity index (χ0n) is 12.2. The number of aliphatic hydroxyl groups is 1. The zero-order chi connectivity index (χ0) is 15.1. The second-order valence-corrected chi connectivity index (χ2v) is 7.77. The predicted molar refractivity (Wildman–Crippen MR) is 78.9 cm³/mol. The maximum atomic E-state index is 12.7. The molecule has 0 spiro atoms. The van der Waals surface area contributed by atoms with Crippen molar-refractivity contribution in [2.24, 2.45) is 0 Å². The van der Waals surface area contributed by atoms with Gasteiger partial charge in [0.25, 0.3) is 0 Å². The molecular formula is C14H22N2O3S. The number of sulfonamides is 1. The van der Waals surface area contributed by atoms with Gasteiger partial charge in [-0.25, -0.2) is 8.42 Å². The van der Waals surface area contributed by atoms with Crippen LogP contribution in [0.15, 0.2) is 17.0 Å². The minimum atomic E-state index is -3.55. The second-order valence-electron chi connectivity index (χ2n) is 5.86. The van der Waals surface area contributed by atoms with Gasteiger partial charge in [-0.15, -0.1) is 0 Å². The molecule has 0 aliphatic carbocycles. The summed E-state index contributed by atoms with van der Waals surface area (Å²) in [7, 11) is -3.55. The summed E-state index contributed by atoms with van der Waals surface area (Å²) in [5.74, 6) is 0. The number of rotatable bonds is 2. The standard InChI is InChI=1S/C14H22N2O3S/c1-10-8-12(15)9-13(11(10)2)20(18,19)16-6-4-14(3,17)5-7-16/h8-9,17H,4-7,15H2,1-3H3. The zero-order valence-corrected chi connectivity index (χ0v) is 13.0. The van der Waals surface area contributed by atoms with E-state index in [4.69, 9.17) is 5.73 Å². The molecule has 1 aliphatic heterocycles. The van der Waals surface area contributed by atoms with Gasteiger partial charge >= 0.3 is 0 Å². The predicted octanol–water partition coefficient (Wildman–Crippen LogP) is 1.42. The topological polar surface area (TPSA) is 83.6 Å². The van der Waals surface area contributed by atoms with Crippen LogP contribution in [0.3, 0.4) is 0 Å². The first-order valence-corrected chi connectivity index (χ1v) is 8.17. The molecule has 1 fully saturated rings. The van der Waals surface area contributed by atoms with E-state index in [-0.39, 0.29) is 4.90 Å². The SMILES string of the molecule is Cc1cc(N)cc(S(=O)(=O)N2CCC(C)(O)CC2)c1C. The van der Waals surface area contributed by atoms with Gasteiger partial charge in [0.1, 0.15) is 0 Å². The van der Waals surface area contributed by atoms with Gasteiger partial charge < -0.3 is 10.8 Å². The molecule has 6 heteroatoms. The number of piperidine rings is 1. The third kappa shape index (κ3) is 2.82. The molecule has 112 valence electrons. The van der Waals surface area contributed by atoms with Crippen molar-refractivity contribution in [1.82, 2.24) is 4.31 Å². The lowest BCUT2D eigenvalue weighted by atomic mass is 9.95. The second kappa shape index (κ2) is 5.02. The Kier molecular flexibility index (Phi) is 3.83. The molecule has 1 aromatic rings. The molecule has 1 heterocycles. The normalized spacial score (nSPS) is 20.0. The van der Waals surface area contributed by atoms with Gasteiger partial charge in [-0.2, -0.15) is 4.31 Å². The van der Waals surface area contributed by atoms with E-state index in [0.29, 0.717) is 31.6 Å². The van der Waals surface area contributed by atoms with Crippen LogP contribution in [0.5, 0.6) is 0 Å². The van der Waals surface area contributed by atoms with E-state index < -0.39 is 15.6 Å². The van der Waals surface area contributed by atoms with E-state index in [1.165, 1.54) is 10.4 Å². The van der Waals surface area contributed by atoms with Crippen molar-refractivity contribution in [1.29, 1.82) is 0 Å². The molecule has 0 saturated carbocycles. The summed E-state index contributed by atoms with van der Waals surface area (Å²) >= 11 is 0. The van der Waals surface area contributed by atoms with E-state index in [1.807, 2.05) is 6.92 Å². The van der Waals surface area contributed by atoms with Crippen LogP contribution in [0.1, 0.15) is 30.9 Å². The molecule has 2 rings (SSSR count). The molecule has 1 aromatic carbocycles. The van der Waals surface area contributed by atoms with Gasteiger partial charge in [0.2, 0.25) is 10.0 Å². The summed E-state index contributed by atoms with van der Waals surface area (Å²) in [5, 5.41) is 9.93. The Bertz CT molecular complexity index is 614. The molecule has 0 aromatic heterocycles. The summed E-state index contributed by atoms with van der Waals surface area (Å²) in [6.07, 6.45) is 0.902. The smallest absolute Gasteiger partial charge is 0.243 e. The fraction of sp³-hybridized carbons (Fsp3) is 0.571.